The maximum atomic E-state index is 6.10. The second-order valence-electron chi connectivity index (χ2n) is 3.48. The standard InChI is InChI=1S/C13H12ClNS/c14-13-11(6-3-4-8-16)9-10-5-1-2-7-12(10)15-13/h1-3,5-7,9,16H,4,8H2. The molecule has 2 aromatic rings. The van der Waals surface area contributed by atoms with Gasteiger partial charge in [0.1, 0.15) is 5.15 Å². The van der Waals surface area contributed by atoms with E-state index in [1.54, 1.807) is 0 Å². The lowest BCUT2D eigenvalue weighted by atomic mass is 10.1. The number of rotatable bonds is 3. The number of pyridine rings is 1. The van der Waals surface area contributed by atoms with Gasteiger partial charge in [-0.15, -0.1) is 0 Å². The lowest BCUT2D eigenvalue weighted by molar-refractivity contribution is 1.26. The largest absolute Gasteiger partial charge is 0.235 e. The molecular weight excluding hydrogens is 238 g/mol. The fourth-order valence-electron chi connectivity index (χ4n) is 1.51. The Labute approximate surface area is 106 Å². The Bertz CT molecular complexity index is 522. The van der Waals surface area contributed by atoms with E-state index in [9.17, 15) is 0 Å². The summed E-state index contributed by atoms with van der Waals surface area (Å²) in [5.74, 6) is 0.842. The Kier molecular flexibility index (Phi) is 3.86. The molecule has 3 heteroatoms. The van der Waals surface area contributed by atoms with Crippen LogP contribution >= 0.6 is 24.2 Å². The molecule has 0 atom stereocenters. The fourth-order valence-corrected chi connectivity index (χ4v) is 1.87. The van der Waals surface area contributed by atoms with Crippen molar-refractivity contribution in [2.75, 3.05) is 5.75 Å². The average Bonchev–Trinajstić information content (AvgIpc) is 2.30. The zero-order chi connectivity index (χ0) is 11.4. The third kappa shape index (κ3) is 2.57. The summed E-state index contributed by atoms with van der Waals surface area (Å²) in [5, 5.41) is 1.66. The highest BCUT2D eigenvalue weighted by atomic mass is 35.5. The van der Waals surface area contributed by atoms with Gasteiger partial charge in [0.15, 0.2) is 0 Å². The minimum absolute atomic E-state index is 0.550. The number of allylic oxidation sites excluding steroid dienone is 1. The molecule has 1 aromatic heterocycles. The van der Waals surface area contributed by atoms with Crippen LogP contribution in [0.1, 0.15) is 12.0 Å². The van der Waals surface area contributed by atoms with E-state index in [0.29, 0.717) is 5.15 Å². The van der Waals surface area contributed by atoms with E-state index in [1.165, 1.54) is 0 Å². The second-order valence-corrected chi connectivity index (χ2v) is 4.28. The van der Waals surface area contributed by atoms with Crippen LogP contribution in [0.25, 0.3) is 17.0 Å². The fraction of sp³-hybridized carbons (Fsp3) is 0.154. The zero-order valence-corrected chi connectivity index (χ0v) is 10.4. The summed E-state index contributed by atoms with van der Waals surface area (Å²) in [6.07, 6.45) is 4.99. The summed E-state index contributed by atoms with van der Waals surface area (Å²) in [6.45, 7) is 0. The van der Waals surface area contributed by atoms with E-state index < -0.39 is 0 Å². The second kappa shape index (κ2) is 5.37. The lowest BCUT2D eigenvalue weighted by Crippen LogP contribution is -1.84. The molecule has 0 unspecified atom stereocenters. The minimum atomic E-state index is 0.550. The topological polar surface area (TPSA) is 12.9 Å². The summed E-state index contributed by atoms with van der Waals surface area (Å²) < 4.78 is 0. The van der Waals surface area contributed by atoms with Gasteiger partial charge >= 0.3 is 0 Å². The predicted octanol–water partition coefficient (Wildman–Crippen LogP) is 4.22. The molecule has 0 N–H and O–H groups in total. The average molecular weight is 250 g/mol. The van der Waals surface area contributed by atoms with Gasteiger partial charge in [0.25, 0.3) is 0 Å². The number of nitrogens with zero attached hydrogens (tertiary/aromatic N) is 1. The van der Waals surface area contributed by atoms with Crippen LogP contribution in [0.4, 0.5) is 0 Å². The third-order valence-electron chi connectivity index (χ3n) is 2.30. The van der Waals surface area contributed by atoms with Crippen molar-refractivity contribution >= 4 is 41.2 Å². The third-order valence-corrected chi connectivity index (χ3v) is 2.86. The number of hydrogen-bond donors (Lipinski definition) is 1. The number of aromatic nitrogens is 1. The van der Waals surface area contributed by atoms with Gasteiger partial charge in [0, 0.05) is 10.9 Å². The molecule has 1 nitrogen and oxygen atoms in total. The smallest absolute Gasteiger partial charge is 0.136 e. The Morgan fingerprint density at radius 1 is 1.31 bits per heavy atom. The minimum Gasteiger partial charge on any atom is -0.235 e. The normalized spacial score (nSPS) is 11.4. The van der Waals surface area contributed by atoms with Gasteiger partial charge in [-0.05, 0) is 24.3 Å². The van der Waals surface area contributed by atoms with E-state index >= 15 is 0 Å². The molecule has 0 aliphatic rings. The van der Waals surface area contributed by atoms with Crippen LogP contribution in [-0.4, -0.2) is 10.7 Å². The molecule has 0 amide bonds. The van der Waals surface area contributed by atoms with Crippen LogP contribution in [0, 0.1) is 0 Å². The number of hydrogen-bond acceptors (Lipinski definition) is 2. The van der Waals surface area contributed by atoms with Crippen LogP contribution in [0.2, 0.25) is 5.15 Å². The first-order valence-electron chi connectivity index (χ1n) is 5.14. The highest BCUT2D eigenvalue weighted by Gasteiger charge is 2.01. The maximum absolute atomic E-state index is 6.10. The zero-order valence-electron chi connectivity index (χ0n) is 8.73. The first kappa shape index (κ1) is 11.5. The molecule has 2 rings (SSSR count). The monoisotopic (exact) mass is 249 g/mol. The van der Waals surface area contributed by atoms with Gasteiger partial charge in [-0.25, -0.2) is 4.98 Å². The van der Waals surface area contributed by atoms with E-state index in [0.717, 1.165) is 28.6 Å². The van der Waals surface area contributed by atoms with Crippen LogP contribution in [0.15, 0.2) is 36.4 Å². The highest BCUT2D eigenvalue weighted by molar-refractivity contribution is 7.80. The predicted molar refractivity (Wildman–Crippen MR) is 74.3 cm³/mol. The van der Waals surface area contributed by atoms with Crippen molar-refractivity contribution in [3.8, 4) is 0 Å². The molecule has 0 radical (unpaired) electrons. The molecule has 0 aliphatic heterocycles. The summed E-state index contributed by atoms with van der Waals surface area (Å²) in [6, 6.07) is 10.0. The van der Waals surface area contributed by atoms with Gasteiger partial charge < -0.3 is 0 Å². The van der Waals surface area contributed by atoms with Gasteiger partial charge in [0.2, 0.25) is 0 Å². The number of thiol groups is 1. The molecule has 0 saturated carbocycles. The number of halogens is 1. The van der Waals surface area contributed by atoms with E-state index in [4.69, 9.17) is 11.6 Å². The van der Waals surface area contributed by atoms with E-state index in [2.05, 4.69) is 29.8 Å². The molecule has 0 fully saturated rings. The Morgan fingerprint density at radius 3 is 2.94 bits per heavy atom. The number of para-hydroxylation sites is 1. The molecule has 1 heterocycles. The molecule has 82 valence electrons. The molecule has 0 spiro atoms. The van der Waals surface area contributed by atoms with Crippen LogP contribution in [0.3, 0.4) is 0 Å². The number of benzene rings is 1. The Balaban J connectivity index is 2.42. The quantitative estimate of drug-likeness (QED) is 0.635. The van der Waals surface area contributed by atoms with Crippen LogP contribution < -0.4 is 0 Å². The van der Waals surface area contributed by atoms with E-state index in [-0.39, 0.29) is 0 Å². The van der Waals surface area contributed by atoms with Gasteiger partial charge in [-0.1, -0.05) is 42.0 Å². The van der Waals surface area contributed by atoms with Gasteiger partial charge in [-0.3, -0.25) is 0 Å². The van der Waals surface area contributed by atoms with Crippen molar-refractivity contribution in [3.05, 3.63) is 47.1 Å². The first-order valence-corrected chi connectivity index (χ1v) is 6.15. The molecule has 1 aromatic carbocycles. The summed E-state index contributed by atoms with van der Waals surface area (Å²) in [7, 11) is 0. The number of fused-ring (bicyclic) bond motifs is 1. The molecular formula is C13H12ClNS. The summed E-state index contributed by atoms with van der Waals surface area (Å²) in [4.78, 5) is 4.35. The van der Waals surface area contributed by atoms with E-state index in [1.807, 2.05) is 30.3 Å². The van der Waals surface area contributed by atoms with Crippen molar-refractivity contribution < 1.29 is 0 Å². The molecule has 16 heavy (non-hydrogen) atoms. The summed E-state index contributed by atoms with van der Waals surface area (Å²) >= 11 is 10.3. The van der Waals surface area contributed by atoms with Crippen molar-refractivity contribution in [1.82, 2.24) is 4.98 Å². The Morgan fingerprint density at radius 2 is 2.12 bits per heavy atom. The molecule has 0 bridgehead atoms. The first-order chi connectivity index (χ1) is 7.81. The molecule has 0 saturated heterocycles. The maximum Gasteiger partial charge on any atom is 0.136 e. The van der Waals surface area contributed by atoms with Crippen molar-refractivity contribution in [2.24, 2.45) is 0 Å². The van der Waals surface area contributed by atoms with Crippen molar-refractivity contribution in [2.45, 2.75) is 6.42 Å². The Hall–Kier alpha value is -0.990. The van der Waals surface area contributed by atoms with Crippen LogP contribution in [0.5, 0.6) is 0 Å². The SMILES string of the molecule is SCCC=Cc1cc2ccccc2nc1Cl. The lowest BCUT2D eigenvalue weighted by Gasteiger charge is -2.01. The van der Waals surface area contributed by atoms with Gasteiger partial charge in [-0.2, -0.15) is 12.6 Å². The van der Waals surface area contributed by atoms with Crippen LogP contribution in [-0.2, 0) is 0 Å². The van der Waals surface area contributed by atoms with Gasteiger partial charge in [0.05, 0.1) is 5.52 Å². The van der Waals surface area contributed by atoms with Crippen molar-refractivity contribution in [1.29, 1.82) is 0 Å². The summed E-state index contributed by atoms with van der Waals surface area (Å²) in [5.41, 5.74) is 1.89. The van der Waals surface area contributed by atoms with Crippen molar-refractivity contribution in [3.63, 3.8) is 0 Å². The highest BCUT2D eigenvalue weighted by Crippen LogP contribution is 2.21. The molecule has 0 aliphatic carbocycles.